The number of carbonyl (C=O) groups is 1. The number of carbonyl (C=O) groups excluding carboxylic acids is 1. The summed E-state index contributed by atoms with van der Waals surface area (Å²) in [5.74, 6) is 1.64. The number of piperazine rings is 1. The van der Waals surface area contributed by atoms with Gasteiger partial charge in [-0.2, -0.15) is 0 Å². The van der Waals surface area contributed by atoms with E-state index in [1.54, 1.807) is 12.0 Å². The highest BCUT2D eigenvalue weighted by molar-refractivity contribution is 6.01. The maximum atomic E-state index is 12.3. The van der Waals surface area contributed by atoms with Gasteiger partial charge in [-0.15, -0.1) is 0 Å². The van der Waals surface area contributed by atoms with Crippen molar-refractivity contribution in [3.05, 3.63) is 23.3 Å². The molecule has 0 unspecified atom stereocenters. The number of amides is 1. The maximum absolute atomic E-state index is 12.3. The van der Waals surface area contributed by atoms with Crippen LogP contribution in [0.15, 0.2) is 12.1 Å². The molecule has 6 nitrogen and oxygen atoms in total. The standard InChI is InChI=1S/C21H32N4O2/c1-22-6-4-16(5-7-22)14-24-8-10-25(11-9-24)18-12-17-15-23(2)21(26)20(17)19(13-18)27-3/h12-13,16H,4-11,14-15H2,1-3H3. The Hall–Kier alpha value is -1.79. The quantitative estimate of drug-likeness (QED) is 0.805. The lowest BCUT2D eigenvalue weighted by Gasteiger charge is -2.39. The van der Waals surface area contributed by atoms with Crippen LogP contribution in [0.25, 0.3) is 0 Å². The molecule has 27 heavy (non-hydrogen) atoms. The monoisotopic (exact) mass is 372 g/mol. The van der Waals surface area contributed by atoms with Crippen LogP contribution in [-0.2, 0) is 6.54 Å². The van der Waals surface area contributed by atoms with Crippen LogP contribution >= 0.6 is 0 Å². The third-order valence-corrected chi connectivity index (χ3v) is 6.45. The number of anilines is 1. The Labute approximate surface area is 162 Å². The number of hydrogen-bond acceptors (Lipinski definition) is 5. The normalized spacial score (nSPS) is 22.4. The van der Waals surface area contributed by atoms with Crippen molar-refractivity contribution in [1.82, 2.24) is 14.7 Å². The summed E-state index contributed by atoms with van der Waals surface area (Å²) >= 11 is 0. The maximum Gasteiger partial charge on any atom is 0.258 e. The second-order valence-electron chi connectivity index (χ2n) is 8.38. The van der Waals surface area contributed by atoms with Crippen LogP contribution in [0.2, 0.25) is 0 Å². The van der Waals surface area contributed by atoms with Crippen LogP contribution in [0, 0.1) is 5.92 Å². The van der Waals surface area contributed by atoms with E-state index < -0.39 is 0 Å². The molecule has 0 N–H and O–H groups in total. The molecular weight excluding hydrogens is 340 g/mol. The Morgan fingerprint density at radius 3 is 2.41 bits per heavy atom. The first-order valence-corrected chi connectivity index (χ1v) is 10.2. The lowest BCUT2D eigenvalue weighted by atomic mass is 9.96. The fourth-order valence-corrected chi connectivity index (χ4v) is 4.68. The van der Waals surface area contributed by atoms with Crippen molar-refractivity contribution in [2.45, 2.75) is 19.4 Å². The molecule has 2 saturated heterocycles. The lowest BCUT2D eigenvalue weighted by Crippen LogP contribution is -2.48. The van der Waals surface area contributed by atoms with Crippen LogP contribution < -0.4 is 9.64 Å². The summed E-state index contributed by atoms with van der Waals surface area (Å²) in [5, 5.41) is 0. The van der Waals surface area contributed by atoms with Crippen LogP contribution in [0.3, 0.4) is 0 Å². The molecule has 1 amide bonds. The SMILES string of the molecule is COc1cc(N2CCN(CC3CCN(C)CC3)CC2)cc2c1C(=O)N(C)C2. The largest absolute Gasteiger partial charge is 0.496 e. The Morgan fingerprint density at radius 1 is 1.04 bits per heavy atom. The molecule has 0 bridgehead atoms. The van der Waals surface area contributed by atoms with Gasteiger partial charge in [0.2, 0.25) is 0 Å². The molecule has 0 aromatic heterocycles. The number of methoxy groups -OCH3 is 1. The number of ether oxygens (including phenoxy) is 1. The van der Waals surface area contributed by atoms with Crippen molar-refractivity contribution in [1.29, 1.82) is 0 Å². The molecule has 0 aliphatic carbocycles. The zero-order chi connectivity index (χ0) is 19.0. The number of fused-ring (bicyclic) bond motifs is 1. The highest BCUT2D eigenvalue weighted by Gasteiger charge is 2.30. The van der Waals surface area contributed by atoms with Crippen molar-refractivity contribution in [3.63, 3.8) is 0 Å². The van der Waals surface area contributed by atoms with Gasteiger partial charge in [-0.25, -0.2) is 0 Å². The fraction of sp³-hybridized carbons (Fsp3) is 0.667. The molecule has 0 saturated carbocycles. The molecular formula is C21H32N4O2. The smallest absolute Gasteiger partial charge is 0.258 e. The first-order valence-electron chi connectivity index (χ1n) is 10.2. The summed E-state index contributed by atoms with van der Waals surface area (Å²) in [4.78, 5) is 21.6. The van der Waals surface area contributed by atoms with E-state index in [2.05, 4.69) is 27.8 Å². The molecule has 0 spiro atoms. The predicted octanol–water partition coefficient (Wildman–Crippen LogP) is 1.74. The molecule has 0 atom stereocenters. The summed E-state index contributed by atoms with van der Waals surface area (Å²) in [6.07, 6.45) is 2.67. The first-order chi connectivity index (χ1) is 13.0. The Kier molecular flexibility index (Phi) is 5.28. The van der Waals surface area contributed by atoms with Crippen molar-refractivity contribution in [2.24, 2.45) is 5.92 Å². The summed E-state index contributed by atoms with van der Waals surface area (Å²) in [6.45, 7) is 8.72. The number of rotatable bonds is 4. The van der Waals surface area contributed by atoms with Gasteiger partial charge in [-0.05, 0) is 50.5 Å². The van der Waals surface area contributed by atoms with Gasteiger partial charge in [0.15, 0.2) is 0 Å². The fourth-order valence-electron chi connectivity index (χ4n) is 4.68. The van der Waals surface area contributed by atoms with Crippen molar-refractivity contribution < 1.29 is 9.53 Å². The lowest BCUT2D eigenvalue weighted by molar-refractivity contribution is 0.0814. The third kappa shape index (κ3) is 3.78. The highest BCUT2D eigenvalue weighted by Crippen LogP contribution is 2.35. The molecule has 3 aliphatic heterocycles. The van der Waals surface area contributed by atoms with Gasteiger partial charge in [0.25, 0.3) is 5.91 Å². The molecule has 148 valence electrons. The van der Waals surface area contributed by atoms with Crippen molar-refractivity contribution in [2.75, 3.05) is 71.9 Å². The van der Waals surface area contributed by atoms with Gasteiger partial charge in [-0.3, -0.25) is 9.69 Å². The zero-order valence-electron chi connectivity index (χ0n) is 16.9. The van der Waals surface area contributed by atoms with Gasteiger partial charge in [0.1, 0.15) is 5.75 Å². The number of nitrogens with zero attached hydrogens (tertiary/aromatic N) is 4. The van der Waals surface area contributed by atoms with Crippen LogP contribution in [0.5, 0.6) is 5.75 Å². The summed E-state index contributed by atoms with van der Waals surface area (Å²) in [7, 11) is 5.74. The summed E-state index contributed by atoms with van der Waals surface area (Å²) in [6, 6.07) is 4.23. The Balaban J connectivity index is 1.39. The van der Waals surface area contributed by atoms with Gasteiger partial charge in [-0.1, -0.05) is 0 Å². The third-order valence-electron chi connectivity index (χ3n) is 6.45. The molecule has 1 aromatic carbocycles. The minimum atomic E-state index is 0.0661. The molecule has 6 heteroatoms. The molecule has 1 aromatic rings. The highest BCUT2D eigenvalue weighted by atomic mass is 16.5. The predicted molar refractivity (Wildman–Crippen MR) is 108 cm³/mol. The number of hydrogen-bond donors (Lipinski definition) is 0. The van der Waals surface area contributed by atoms with Crippen molar-refractivity contribution in [3.8, 4) is 5.75 Å². The van der Waals surface area contributed by atoms with Crippen LogP contribution in [-0.4, -0.2) is 87.6 Å². The average Bonchev–Trinajstić information content (AvgIpc) is 2.97. The van der Waals surface area contributed by atoms with E-state index >= 15 is 0 Å². The number of likely N-dealkylation sites (tertiary alicyclic amines) is 1. The van der Waals surface area contributed by atoms with Gasteiger partial charge in [0, 0.05) is 58.1 Å². The van der Waals surface area contributed by atoms with Crippen LogP contribution in [0.1, 0.15) is 28.8 Å². The van der Waals surface area contributed by atoms with Crippen LogP contribution in [0.4, 0.5) is 5.69 Å². The zero-order valence-corrected chi connectivity index (χ0v) is 16.9. The Morgan fingerprint density at radius 2 is 1.74 bits per heavy atom. The van der Waals surface area contributed by atoms with E-state index in [0.29, 0.717) is 12.3 Å². The van der Waals surface area contributed by atoms with E-state index in [9.17, 15) is 4.79 Å². The van der Waals surface area contributed by atoms with E-state index in [1.165, 1.54) is 38.2 Å². The van der Waals surface area contributed by atoms with Gasteiger partial charge in [0.05, 0.1) is 12.7 Å². The minimum absolute atomic E-state index is 0.0661. The van der Waals surface area contributed by atoms with E-state index in [4.69, 9.17) is 4.74 Å². The summed E-state index contributed by atoms with van der Waals surface area (Å²) < 4.78 is 5.55. The average molecular weight is 373 g/mol. The van der Waals surface area contributed by atoms with Gasteiger partial charge < -0.3 is 19.4 Å². The minimum Gasteiger partial charge on any atom is -0.496 e. The second kappa shape index (κ2) is 7.68. The number of benzene rings is 1. The van der Waals surface area contributed by atoms with Gasteiger partial charge >= 0.3 is 0 Å². The van der Waals surface area contributed by atoms with E-state index in [0.717, 1.165) is 43.2 Å². The Bertz CT molecular complexity index is 692. The second-order valence-corrected chi connectivity index (χ2v) is 8.38. The van der Waals surface area contributed by atoms with Crippen molar-refractivity contribution >= 4 is 11.6 Å². The first kappa shape index (κ1) is 18.6. The molecule has 3 heterocycles. The molecule has 2 fully saturated rings. The molecule has 4 rings (SSSR count). The summed E-state index contributed by atoms with van der Waals surface area (Å²) in [5.41, 5.74) is 3.02. The molecule has 0 radical (unpaired) electrons. The van der Waals surface area contributed by atoms with E-state index in [-0.39, 0.29) is 5.91 Å². The topological polar surface area (TPSA) is 39.3 Å². The number of piperidine rings is 1. The molecule has 3 aliphatic rings. The van der Waals surface area contributed by atoms with E-state index in [1.807, 2.05) is 13.1 Å².